The fraction of sp³-hybridized carbons (Fsp3) is 0.444. The van der Waals surface area contributed by atoms with Crippen molar-refractivity contribution >= 4 is 11.9 Å². The Kier molecular flexibility index (Phi) is 2.97. The molecule has 6 nitrogen and oxygen atoms in total. The Morgan fingerprint density at radius 1 is 1.50 bits per heavy atom. The van der Waals surface area contributed by atoms with Crippen molar-refractivity contribution < 1.29 is 18.0 Å². The molecule has 0 fully saturated rings. The highest BCUT2D eigenvalue weighted by Gasteiger charge is 2.35. The van der Waals surface area contributed by atoms with Crippen LogP contribution in [-0.2, 0) is 0 Å². The van der Waals surface area contributed by atoms with Crippen molar-refractivity contribution in [3.63, 3.8) is 0 Å². The molecule has 9 heteroatoms. The SMILES string of the molecule is Nc1n[nH]c(C(=O)N2CC=C(C(F)(F)F)CC2)n1. The van der Waals surface area contributed by atoms with Crippen LogP contribution in [-0.4, -0.2) is 45.3 Å². The minimum absolute atomic E-state index is 0.00915. The van der Waals surface area contributed by atoms with Gasteiger partial charge in [0.15, 0.2) is 0 Å². The molecule has 1 aliphatic heterocycles. The maximum absolute atomic E-state index is 12.4. The summed E-state index contributed by atoms with van der Waals surface area (Å²) in [7, 11) is 0. The topological polar surface area (TPSA) is 87.9 Å². The number of nitrogens with zero attached hydrogens (tertiary/aromatic N) is 3. The molecule has 1 aliphatic rings. The van der Waals surface area contributed by atoms with Crippen LogP contribution in [0.2, 0.25) is 0 Å². The van der Waals surface area contributed by atoms with Gasteiger partial charge < -0.3 is 10.6 Å². The second-order valence-corrected chi connectivity index (χ2v) is 3.77. The Balaban J connectivity index is 2.06. The molecule has 0 spiro atoms. The number of carbonyl (C=O) groups excluding carboxylic acids is 1. The summed E-state index contributed by atoms with van der Waals surface area (Å²) in [6.07, 6.45) is -3.55. The van der Waals surface area contributed by atoms with E-state index in [4.69, 9.17) is 5.73 Å². The van der Waals surface area contributed by atoms with Gasteiger partial charge in [-0.1, -0.05) is 6.08 Å². The third-order valence-corrected chi connectivity index (χ3v) is 2.57. The summed E-state index contributed by atoms with van der Waals surface area (Å²) in [6.45, 7) is -0.112. The Hall–Kier alpha value is -2.06. The average Bonchev–Trinajstić information content (AvgIpc) is 2.74. The lowest BCUT2D eigenvalue weighted by Gasteiger charge is -2.26. The maximum Gasteiger partial charge on any atom is 0.412 e. The zero-order valence-corrected chi connectivity index (χ0v) is 9.16. The normalized spacial score (nSPS) is 16.6. The van der Waals surface area contributed by atoms with Gasteiger partial charge in [0.05, 0.1) is 0 Å². The number of alkyl halides is 3. The second-order valence-electron chi connectivity index (χ2n) is 3.77. The minimum Gasteiger partial charge on any atom is -0.366 e. The van der Waals surface area contributed by atoms with Gasteiger partial charge in [0.2, 0.25) is 11.8 Å². The highest BCUT2D eigenvalue weighted by Crippen LogP contribution is 2.30. The molecule has 0 unspecified atom stereocenters. The van der Waals surface area contributed by atoms with Crippen molar-refractivity contribution in [3.8, 4) is 0 Å². The smallest absolute Gasteiger partial charge is 0.366 e. The molecule has 1 aromatic rings. The first-order valence-corrected chi connectivity index (χ1v) is 5.11. The van der Waals surface area contributed by atoms with E-state index in [9.17, 15) is 18.0 Å². The van der Waals surface area contributed by atoms with Crippen LogP contribution in [0.3, 0.4) is 0 Å². The summed E-state index contributed by atoms with van der Waals surface area (Å²) in [5.41, 5.74) is 4.63. The first-order valence-electron chi connectivity index (χ1n) is 5.11. The highest BCUT2D eigenvalue weighted by atomic mass is 19.4. The van der Waals surface area contributed by atoms with Gasteiger partial charge in [-0.3, -0.25) is 9.89 Å². The van der Waals surface area contributed by atoms with Crippen LogP contribution < -0.4 is 5.73 Å². The number of amides is 1. The van der Waals surface area contributed by atoms with Crippen molar-refractivity contribution in [2.45, 2.75) is 12.6 Å². The number of aromatic amines is 1. The molecular formula is C9H10F3N5O. The van der Waals surface area contributed by atoms with Gasteiger partial charge in [0.25, 0.3) is 5.91 Å². The fourth-order valence-corrected chi connectivity index (χ4v) is 1.63. The summed E-state index contributed by atoms with van der Waals surface area (Å²) in [5, 5.41) is 5.81. The van der Waals surface area contributed by atoms with Crippen molar-refractivity contribution in [2.75, 3.05) is 18.8 Å². The Bertz CT molecular complexity index is 493. The zero-order valence-electron chi connectivity index (χ0n) is 9.16. The molecule has 0 bridgehead atoms. The molecule has 18 heavy (non-hydrogen) atoms. The van der Waals surface area contributed by atoms with Crippen molar-refractivity contribution in [2.24, 2.45) is 0 Å². The number of hydrogen-bond donors (Lipinski definition) is 2. The van der Waals surface area contributed by atoms with E-state index in [1.54, 1.807) is 0 Å². The molecule has 2 rings (SSSR count). The zero-order chi connectivity index (χ0) is 13.3. The number of aromatic nitrogens is 3. The van der Waals surface area contributed by atoms with E-state index in [2.05, 4.69) is 15.2 Å². The van der Waals surface area contributed by atoms with Crippen LogP contribution >= 0.6 is 0 Å². The summed E-state index contributed by atoms with van der Waals surface area (Å²) in [5.74, 6) is -0.671. The molecule has 1 aromatic heterocycles. The Morgan fingerprint density at radius 3 is 2.67 bits per heavy atom. The number of H-pyrrole nitrogens is 1. The maximum atomic E-state index is 12.4. The third kappa shape index (κ3) is 2.44. The molecule has 0 aromatic carbocycles. The van der Waals surface area contributed by atoms with E-state index in [0.29, 0.717) is 0 Å². The molecule has 98 valence electrons. The van der Waals surface area contributed by atoms with Gasteiger partial charge in [0, 0.05) is 18.7 Å². The number of rotatable bonds is 1. The van der Waals surface area contributed by atoms with Gasteiger partial charge in [-0.25, -0.2) is 0 Å². The lowest BCUT2D eigenvalue weighted by atomic mass is 10.1. The van der Waals surface area contributed by atoms with Crippen LogP contribution in [0.5, 0.6) is 0 Å². The molecule has 1 amide bonds. The second kappa shape index (κ2) is 4.31. The number of nitrogens with two attached hydrogens (primary N) is 1. The third-order valence-electron chi connectivity index (χ3n) is 2.57. The average molecular weight is 261 g/mol. The predicted octanol–water partition coefficient (Wildman–Crippen LogP) is 0.721. The summed E-state index contributed by atoms with van der Waals surface area (Å²) in [4.78, 5) is 16.7. The van der Waals surface area contributed by atoms with Gasteiger partial charge in [0.1, 0.15) is 0 Å². The Morgan fingerprint density at radius 2 is 2.22 bits per heavy atom. The molecule has 2 heterocycles. The Labute approximate surface area is 99.7 Å². The van der Waals surface area contributed by atoms with E-state index in [1.807, 2.05) is 0 Å². The monoisotopic (exact) mass is 261 g/mol. The van der Waals surface area contributed by atoms with Crippen LogP contribution in [0.1, 0.15) is 17.0 Å². The molecule has 0 radical (unpaired) electrons. The highest BCUT2D eigenvalue weighted by molar-refractivity contribution is 5.90. The van der Waals surface area contributed by atoms with Crippen LogP contribution in [0.15, 0.2) is 11.6 Å². The summed E-state index contributed by atoms with van der Waals surface area (Å²) >= 11 is 0. The van der Waals surface area contributed by atoms with Gasteiger partial charge in [-0.2, -0.15) is 18.2 Å². The van der Waals surface area contributed by atoms with Crippen LogP contribution in [0.25, 0.3) is 0 Å². The summed E-state index contributed by atoms with van der Waals surface area (Å²) in [6, 6.07) is 0. The largest absolute Gasteiger partial charge is 0.412 e. The lowest BCUT2D eigenvalue weighted by Crippen LogP contribution is -2.37. The van der Waals surface area contributed by atoms with Gasteiger partial charge >= 0.3 is 6.18 Å². The fourth-order valence-electron chi connectivity index (χ4n) is 1.63. The number of hydrogen-bond acceptors (Lipinski definition) is 4. The van der Waals surface area contributed by atoms with E-state index in [-0.39, 0.29) is 31.3 Å². The van der Waals surface area contributed by atoms with Crippen molar-refractivity contribution in [1.82, 2.24) is 20.1 Å². The summed E-state index contributed by atoms with van der Waals surface area (Å²) < 4.78 is 37.1. The number of anilines is 1. The lowest BCUT2D eigenvalue weighted by molar-refractivity contribution is -0.0957. The van der Waals surface area contributed by atoms with Gasteiger partial charge in [-0.15, -0.1) is 5.10 Å². The first kappa shape index (κ1) is 12.4. The molecule has 0 saturated heterocycles. The van der Waals surface area contributed by atoms with E-state index < -0.39 is 17.7 Å². The van der Waals surface area contributed by atoms with E-state index in [0.717, 1.165) is 6.08 Å². The molecular weight excluding hydrogens is 251 g/mol. The first-order chi connectivity index (χ1) is 8.38. The molecule has 3 N–H and O–H groups in total. The number of halogens is 3. The van der Waals surface area contributed by atoms with Crippen LogP contribution in [0.4, 0.5) is 19.1 Å². The minimum atomic E-state index is -4.33. The number of nitrogen functional groups attached to an aromatic ring is 1. The van der Waals surface area contributed by atoms with E-state index in [1.165, 1.54) is 4.90 Å². The van der Waals surface area contributed by atoms with Crippen molar-refractivity contribution in [3.05, 3.63) is 17.5 Å². The number of nitrogens with one attached hydrogen (secondary N) is 1. The number of carbonyl (C=O) groups is 1. The molecule has 0 atom stereocenters. The molecule has 0 aliphatic carbocycles. The quantitative estimate of drug-likeness (QED) is 0.729. The van der Waals surface area contributed by atoms with Crippen molar-refractivity contribution in [1.29, 1.82) is 0 Å². The molecule has 0 saturated carbocycles. The van der Waals surface area contributed by atoms with Gasteiger partial charge in [-0.05, 0) is 6.42 Å². The predicted molar refractivity (Wildman–Crippen MR) is 55.5 cm³/mol. The standard InChI is InChI=1S/C9H10F3N5O/c10-9(11,12)5-1-3-17(4-2-5)7(18)6-14-8(13)16-15-6/h1H,2-4H2,(H3,13,14,15,16). The van der Waals surface area contributed by atoms with E-state index >= 15 is 0 Å². The van der Waals surface area contributed by atoms with Crippen LogP contribution in [0, 0.1) is 0 Å².